The molecule has 50 heavy (non-hydrogen) atoms. The van der Waals surface area contributed by atoms with Crippen LogP contribution in [0.25, 0.3) is 10.9 Å². The summed E-state index contributed by atoms with van der Waals surface area (Å²) in [5.74, 6) is -3.16. The number of rotatable bonds is 14. The van der Waals surface area contributed by atoms with Gasteiger partial charge in [-0.15, -0.1) is 0 Å². The SMILES string of the molecule is CC(C)(C)OC(=O)NCCCC(CCCc1cc(F)c2[nH]cc(C(=O)NCc3ccc(Cl)cc3)c(=O)c2c1)C(NC(=O)OC(C)(C)C)C(=O)O. The monoisotopic (exact) mass is 716 g/mol. The van der Waals surface area contributed by atoms with Crippen molar-refractivity contribution in [3.8, 4) is 0 Å². The second-order valence-electron chi connectivity index (χ2n) is 14.0. The van der Waals surface area contributed by atoms with Crippen LogP contribution in [0.5, 0.6) is 0 Å². The molecule has 0 saturated carbocycles. The highest BCUT2D eigenvalue weighted by Crippen LogP contribution is 2.23. The minimum absolute atomic E-state index is 0.00100. The largest absolute Gasteiger partial charge is 0.480 e. The second-order valence-corrected chi connectivity index (χ2v) is 14.5. The quantitative estimate of drug-likeness (QED) is 0.118. The van der Waals surface area contributed by atoms with Crippen molar-refractivity contribution in [2.45, 2.75) is 97.4 Å². The third-order valence-corrected chi connectivity index (χ3v) is 7.73. The van der Waals surface area contributed by atoms with Gasteiger partial charge in [-0.2, -0.15) is 0 Å². The molecule has 12 nitrogen and oxygen atoms in total. The molecule has 3 rings (SSSR count). The van der Waals surface area contributed by atoms with E-state index in [2.05, 4.69) is 20.9 Å². The fraction of sp³-hybridized carbons (Fsp3) is 0.472. The summed E-state index contributed by atoms with van der Waals surface area (Å²) >= 11 is 5.91. The van der Waals surface area contributed by atoms with Crippen LogP contribution in [0.15, 0.2) is 47.4 Å². The van der Waals surface area contributed by atoms with Gasteiger partial charge >= 0.3 is 18.2 Å². The Labute approximate surface area is 295 Å². The van der Waals surface area contributed by atoms with Crippen LogP contribution in [0, 0.1) is 11.7 Å². The number of aromatic amines is 1. The number of aromatic nitrogens is 1. The number of hydrogen-bond acceptors (Lipinski definition) is 7. The number of alkyl carbamates (subject to hydrolysis) is 2. The highest BCUT2D eigenvalue weighted by molar-refractivity contribution is 6.30. The number of carbonyl (C=O) groups is 4. The molecule has 14 heteroatoms. The summed E-state index contributed by atoms with van der Waals surface area (Å²) in [6.07, 6.45) is 1.31. The molecule has 0 radical (unpaired) electrons. The minimum atomic E-state index is -1.31. The van der Waals surface area contributed by atoms with Crippen LogP contribution in [0.4, 0.5) is 14.0 Å². The molecule has 2 atom stereocenters. The first kappa shape index (κ1) is 39.8. The highest BCUT2D eigenvalue weighted by atomic mass is 35.5. The molecule has 2 unspecified atom stereocenters. The number of carboxylic acids is 1. The molecular weight excluding hydrogens is 671 g/mol. The number of aryl methyl sites for hydroxylation is 1. The van der Waals surface area contributed by atoms with Crippen LogP contribution in [-0.4, -0.2) is 57.9 Å². The number of benzene rings is 2. The number of aliphatic carboxylic acids is 1. The molecule has 0 saturated heterocycles. The molecule has 0 fully saturated rings. The lowest BCUT2D eigenvalue weighted by Gasteiger charge is -2.27. The number of carboxylic acid groups (broad SMARTS) is 1. The number of pyridine rings is 1. The number of fused-ring (bicyclic) bond motifs is 1. The van der Waals surface area contributed by atoms with Gasteiger partial charge in [0.25, 0.3) is 5.91 Å². The Kier molecular flexibility index (Phi) is 13.8. The second kappa shape index (κ2) is 17.3. The maximum Gasteiger partial charge on any atom is 0.408 e. The third kappa shape index (κ3) is 12.7. The number of halogens is 2. The molecule has 0 aliphatic carbocycles. The van der Waals surface area contributed by atoms with Crippen molar-refractivity contribution in [3.05, 3.63) is 80.3 Å². The summed E-state index contributed by atoms with van der Waals surface area (Å²) in [5, 5.41) is 18.4. The van der Waals surface area contributed by atoms with Gasteiger partial charge in [-0.1, -0.05) is 23.7 Å². The lowest BCUT2D eigenvalue weighted by atomic mass is 9.88. The van der Waals surface area contributed by atoms with Gasteiger partial charge in [0.1, 0.15) is 28.6 Å². The van der Waals surface area contributed by atoms with Crippen LogP contribution in [0.3, 0.4) is 0 Å². The van der Waals surface area contributed by atoms with E-state index in [1.165, 1.54) is 18.3 Å². The zero-order chi connectivity index (χ0) is 37.2. The number of amides is 3. The molecule has 0 aliphatic rings. The Balaban J connectivity index is 1.75. The summed E-state index contributed by atoms with van der Waals surface area (Å²) in [4.78, 5) is 65.9. The van der Waals surface area contributed by atoms with Crippen LogP contribution in [0.1, 0.15) is 88.7 Å². The summed E-state index contributed by atoms with van der Waals surface area (Å²) in [6.45, 7) is 10.5. The molecule has 3 amide bonds. The fourth-order valence-corrected chi connectivity index (χ4v) is 5.39. The summed E-state index contributed by atoms with van der Waals surface area (Å²) in [6, 6.07) is 8.34. The molecule has 1 aromatic heterocycles. The first-order valence-electron chi connectivity index (χ1n) is 16.4. The Hall–Kier alpha value is -4.65. The smallest absolute Gasteiger partial charge is 0.408 e. The van der Waals surface area contributed by atoms with Gasteiger partial charge in [-0.25, -0.2) is 18.8 Å². The van der Waals surface area contributed by atoms with E-state index in [1.54, 1.807) is 65.8 Å². The number of carbonyl (C=O) groups excluding carboxylic acids is 3. The van der Waals surface area contributed by atoms with E-state index in [9.17, 15) is 29.1 Å². The van der Waals surface area contributed by atoms with Crippen molar-refractivity contribution in [3.63, 3.8) is 0 Å². The Morgan fingerprint density at radius 1 is 0.900 bits per heavy atom. The number of H-pyrrole nitrogens is 1. The normalized spacial score (nSPS) is 12.9. The topological polar surface area (TPSA) is 176 Å². The molecular formula is C36H46ClFN4O8. The lowest BCUT2D eigenvalue weighted by Crippen LogP contribution is -2.48. The molecule has 5 N–H and O–H groups in total. The molecule has 0 aliphatic heterocycles. The molecule has 2 aromatic carbocycles. The van der Waals surface area contributed by atoms with E-state index < -0.39 is 58.5 Å². The number of hydrogen-bond donors (Lipinski definition) is 5. The van der Waals surface area contributed by atoms with Crippen molar-refractivity contribution < 1.29 is 38.1 Å². The average molecular weight is 717 g/mol. The Morgan fingerprint density at radius 3 is 2.14 bits per heavy atom. The molecule has 272 valence electrons. The van der Waals surface area contributed by atoms with Crippen LogP contribution < -0.4 is 21.4 Å². The van der Waals surface area contributed by atoms with E-state index in [1.807, 2.05) is 0 Å². The minimum Gasteiger partial charge on any atom is -0.480 e. The molecule has 0 bridgehead atoms. The van der Waals surface area contributed by atoms with E-state index in [-0.39, 0.29) is 36.0 Å². The predicted molar refractivity (Wildman–Crippen MR) is 188 cm³/mol. The van der Waals surface area contributed by atoms with Crippen molar-refractivity contribution in [1.82, 2.24) is 20.9 Å². The Bertz CT molecular complexity index is 1730. The van der Waals surface area contributed by atoms with Crippen molar-refractivity contribution in [2.75, 3.05) is 6.54 Å². The van der Waals surface area contributed by atoms with Gasteiger partial charge < -0.3 is 35.5 Å². The number of ether oxygens (including phenoxy) is 2. The van der Waals surface area contributed by atoms with E-state index >= 15 is 4.39 Å². The predicted octanol–water partition coefficient (Wildman–Crippen LogP) is 6.47. The van der Waals surface area contributed by atoms with Crippen molar-refractivity contribution in [2.24, 2.45) is 5.92 Å². The first-order valence-corrected chi connectivity index (χ1v) is 16.8. The molecule has 1 heterocycles. The van der Waals surface area contributed by atoms with Crippen LogP contribution in [0.2, 0.25) is 5.02 Å². The summed E-state index contributed by atoms with van der Waals surface area (Å²) < 4.78 is 25.7. The van der Waals surface area contributed by atoms with Crippen molar-refractivity contribution in [1.29, 1.82) is 0 Å². The highest BCUT2D eigenvalue weighted by Gasteiger charge is 2.31. The average Bonchev–Trinajstić information content (AvgIpc) is 2.99. The van der Waals surface area contributed by atoms with E-state index in [0.29, 0.717) is 36.3 Å². The Morgan fingerprint density at radius 2 is 1.52 bits per heavy atom. The standard InChI is InChI=1S/C36H46ClFN4O8/c1-35(2,3)49-33(47)39-16-8-11-23(28(32(45)46)42-34(48)50-36(4,5)6)10-7-9-22-17-25-29(27(38)18-22)40-20-26(30(25)43)31(44)41-19-21-12-14-24(37)15-13-21/h12-15,17-18,20,23,28H,7-11,16,19H2,1-6H3,(H,39,47)(H,40,43)(H,41,44)(H,42,48)(H,45,46). The van der Waals surface area contributed by atoms with E-state index in [4.69, 9.17) is 21.1 Å². The van der Waals surface area contributed by atoms with Gasteiger partial charge in [-0.05, 0) is 115 Å². The lowest BCUT2D eigenvalue weighted by molar-refractivity contribution is -0.141. The van der Waals surface area contributed by atoms with Crippen molar-refractivity contribution >= 4 is 46.6 Å². The van der Waals surface area contributed by atoms with Gasteiger partial charge in [0.15, 0.2) is 0 Å². The fourth-order valence-electron chi connectivity index (χ4n) is 5.27. The summed E-state index contributed by atoms with van der Waals surface area (Å²) in [5.41, 5.74) is -1.16. The van der Waals surface area contributed by atoms with Crippen LogP contribution >= 0.6 is 11.6 Å². The van der Waals surface area contributed by atoms with Crippen LogP contribution in [-0.2, 0) is 27.2 Å². The van der Waals surface area contributed by atoms with Gasteiger partial charge in [0, 0.05) is 29.7 Å². The van der Waals surface area contributed by atoms with E-state index in [0.717, 1.165) is 5.56 Å². The maximum atomic E-state index is 15.2. The first-order chi connectivity index (χ1) is 23.3. The van der Waals surface area contributed by atoms with Gasteiger partial charge in [-0.3, -0.25) is 9.59 Å². The third-order valence-electron chi connectivity index (χ3n) is 7.48. The zero-order valence-corrected chi connectivity index (χ0v) is 30.0. The molecule has 3 aromatic rings. The number of nitrogens with one attached hydrogen (secondary N) is 4. The maximum absolute atomic E-state index is 15.2. The van der Waals surface area contributed by atoms with Gasteiger partial charge in [0.05, 0.1) is 5.52 Å². The zero-order valence-electron chi connectivity index (χ0n) is 29.2. The van der Waals surface area contributed by atoms with Gasteiger partial charge in [0.2, 0.25) is 5.43 Å². The molecule has 0 spiro atoms. The summed E-state index contributed by atoms with van der Waals surface area (Å²) in [7, 11) is 0.